The highest BCUT2D eigenvalue weighted by molar-refractivity contribution is 9.10. The van der Waals surface area contributed by atoms with Crippen molar-refractivity contribution in [2.75, 3.05) is 26.8 Å². The summed E-state index contributed by atoms with van der Waals surface area (Å²) in [5.41, 5.74) is 1.18. The lowest BCUT2D eigenvalue weighted by Gasteiger charge is -2.24. The molecule has 0 aliphatic rings. The van der Waals surface area contributed by atoms with Crippen molar-refractivity contribution in [1.82, 2.24) is 5.32 Å². The number of hydrogen-bond acceptors (Lipinski definition) is 3. The molecule has 1 N–H and O–H groups in total. The van der Waals surface area contributed by atoms with Gasteiger partial charge in [-0.05, 0) is 31.5 Å². The molecule has 0 radical (unpaired) electrons. The van der Waals surface area contributed by atoms with E-state index in [-0.39, 0.29) is 12.2 Å². The summed E-state index contributed by atoms with van der Waals surface area (Å²) in [5, 5.41) is 3.42. The van der Waals surface area contributed by atoms with Crippen LogP contribution in [0.25, 0.3) is 0 Å². The van der Waals surface area contributed by atoms with Crippen LogP contribution in [0.2, 0.25) is 0 Å². The lowest BCUT2D eigenvalue weighted by atomic mass is 10.1. The number of hydrogen-bond donors (Lipinski definition) is 1. The van der Waals surface area contributed by atoms with Crippen LogP contribution in [0.15, 0.2) is 28.7 Å². The van der Waals surface area contributed by atoms with E-state index in [1.807, 2.05) is 25.1 Å². The molecule has 0 aliphatic heterocycles. The van der Waals surface area contributed by atoms with Crippen molar-refractivity contribution in [3.63, 3.8) is 0 Å². The summed E-state index contributed by atoms with van der Waals surface area (Å²) < 4.78 is 12.3. The van der Waals surface area contributed by atoms with Gasteiger partial charge in [0.1, 0.15) is 0 Å². The Kier molecular flexibility index (Phi) is 8.30. The van der Waals surface area contributed by atoms with Crippen molar-refractivity contribution in [2.24, 2.45) is 0 Å². The first-order valence-corrected chi connectivity index (χ1v) is 7.57. The van der Waals surface area contributed by atoms with E-state index >= 15 is 0 Å². The van der Waals surface area contributed by atoms with Crippen LogP contribution in [0.4, 0.5) is 0 Å². The number of benzene rings is 1. The minimum atomic E-state index is 0.0345. The molecule has 0 spiro atoms. The Labute approximate surface area is 124 Å². The highest BCUT2D eigenvalue weighted by atomic mass is 79.9. The van der Waals surface area contributed by atoms with Crippen LogP contribution < -0.4 is 5.32 Å². The van der Waals surface area contributed by atoms with E-state index < -0.39 is 0 Å². The zero-order chi connectivity index (χ0) is 14.1. The van der Waals surface area contributed by atoms with Gasteiger partial charge in [0, 0.05) is 18.1 Å². The summed E-state index contributed by atoms with van der Waals surface area (Å²) in [6, 6.07) is 8.20. The van der Waals surface area contributed by atoms with E-state index in [1.165, 1.54) is 5.56 Å². The van der Waals surface area contributed by atoms with Crippen molar-refractivity contribution in [3.05, 3.63) is 34.3 Å². The van der Waals surface area contributed by atoms with Crippen LogP contribution in [-0.2, 0) is 9.47 Å². The van der Waals surface area contributed by atoms with Crippen LogP contribution >= 0.6 is 15.9 Å². The predicted octanol–water partition coefficient (Wildman–Crippen LogP) is 3.54. The second kappa shape index (κ2) is 9.48. The molecule has 19 heavy (non-hydrogen) atoms. The second-order valence-electron chi connectivity index (χ2n) is 4.62. The molecule has 0 heterocycles. The molecule has 1 aromatic carbocycles. The fraction of sp³-hybridized carbons (Fsp3) is 0.600. The number of methoxy groups -OCH3 is 1. The van der Waals surface area contributed by atoms with Gasteiger partial charge in [-0.15, -0.1) is 0 Å². The number of rotatable bonds is 9. The second-order valence-corrected chi connectivity index (χ2v) is 5.47. The Morgan fingerprint density at radius 3 is 2.68 bits per heavy atom. The van der Waals surface area contributed by atoms with E-state index in [1.54, 1.807) is 7.11 Å². The maximum atomic E-state index is 6.09. The van der Waals surface area contributed by atoms with Gasteiger partial charge in [0.15, 0.2) is 0 Å². The summed E-state index contributed by atoms with van der Waals surface area (Å²) in [6.07, 6.45) is 1.23. The van der Waals surface area contributed by atoms with Crippen molar-refractivity contribution >= 4 is 15.9 Å². The van der Waals surface area contributed by atoms with Crippen LogP contribution in [0.1, 0.15) is 31.9 Å². The minimum Gasteiger partial charge on any atom is -0.382 e. The highest BCUT2D eigenvalue weighted by Gasteiger charge is 2.17. The highest BCUT2D eigenvalue weighted by Crippen LogP contribution is 2.26. The van der Waals surface area contributed by atoms with Crippen molar-refractivity contribution in [1.29, 1.82) is 0 Å². The summed E-state index contributed by atoms with van der Waals surface area (Å²) in [5.74, 6) is 0. The molecule has 1 aromatic rings. The quantitative estimate of drug-likeness (QED) is 0.703. The third kappa shape index (κ3) is 6.04. The Morgan fingerprint density at radius 2 is 2.05 bits per heavy atom. The topological polar surface area (TPSA) is 30.5 Å². The monoisotopic (exact) mass is 329 g/mol. The first-order valence-electron chi connectivity index (χ1n) is 6.78. The molecule has 0 aliphatic carbocycles. The Morgan fingerprint density at radius 1 is 1.32 bits per heavy atom. The van der Waals surface area contributed by atoms with Crippen LogP contribution in [0.5, 0.6) is 0 Å². The Bertz CT molecular complexity index is 360. The maximum absolute atomic E-state index is 6.09. The van der Waals surface area contributed by atoms with E-state index in [0.717, 1.165) is 24.0 Å². The zero-order valence-corrected chi connectivity index (χ0v) is 13.6. The SMILES string of the molecule is CCCNCC(OC(C)COC)c1ccccc1Br. The molecular formula is C15H24BrNO2. The maximum Gasteiger partial charge on any atom is 0.0964 e. The molecule has 4 heteroatoms. The molecule has 0 saturated heterocycles. The number of ether oxygens (including phenoxy) is 2. The van der Waals surface area contributed by atoms with E-state index in [9.17, 15) is 0 Å². The van der Waals surface area contributed by atoms with E-state index in [0.29, 0.717) is 6.61 Å². The summed E-state index contributed by atoms with van der Waals surface area (Å²) >= 11 is 3.60. The van der Waals surface area contributed by atoms with Crippen LogP contribution in [0.3, 0.4) is 0 Å². The molecule has 0 aromatic heterocycles. The number of halogens is 1. The molecule has 2 unspecified atom stereocenters. The third-order valence-electron chi connectivity index (χ3n) is 2.81. The van der Waals surface area contributed by atoms with Crippen molar-refractivity contribution in [2.45, 2.75) is 32.5 Å². The molecule has 0 saturated carbocycles. The third-order valence-corrected chi connectivity index (χ3v) is 3.53. The fourth-order valence-corrected chi connectivity index (χ4v) is 2.47. The normalized spacial score (nSPS) is 14.3. The van der Waals surface area contributed by atoms with Crippen LogP contribution in [0, 0.1) is 0 Å². The molecule has 1 rings (SSSR count). The Balaban J connectivity index is 2.71. The first kappa shape index (κ1) is 16.6. The van der Waals surface area contributed by atoms with Crippen molar-refractivity contribution in [3.8, 4) is 0 Å². The largest absolute Gasteiger partial charge is 0.382 e. The van der Waals surface area contributed by atoms with E-state index in [4.69, 9.17) is 9.47 Å². The average Bonchev–Trinajstić information content (AvgIpc) is 2.39. The summed E-state index contributed by atoms with van der Waals surface area (Å²) in [7, 11) is 1.70. The van der Waals surface area contributed by atoms with Gasteiger partial charge in [-0.2, -0.15) is 0 Å². The van der Waals surface area contributed by atoms with Gasteiger partial charge in [0.25, 0.3) is 0 Å². The van der Waals surface area contributed by atoms with Gasteiger partial charge in [-0.3, -0.25) is 0 Å². The van der Waals surface area contributed by atoms with Gasteiger partial charge in [0.05, 0.1) is 18.8 Å². The molecule has 3 nitrogen and oxygen atoms in total. The minimum absolute atomic E-state index is 0.0345. The molecule has 0 amide bonds. The van der Waals surface area contributed by atoms with Gasteiger partial charge in [0.2, 0.25) is 0 Å². The van der Waals surface area contributed by atoms with Gasteiger partial charge >= 0.3 is 0 Å². The van der Waals surface area contributed by atoms with Gasteiger partial charge in [-0.25, -0.2) is 0 Å². The zero-order valence-electron chi connectivity index (χ0n) is 12.0. The van der Waals surface area contributed by atoms with Gasteiger partial charge < -0.3 is 14.8 Å². The smallest absolute Gasteiger partial charge is 0.0964 e. The lowest BCUT2D eigenvalue weighted by Crippen LogP contribution is -2.28. The molecule has 0 bridgehead atoms. The predicted molar refractivity (Wildman–Crippen MR) is 82.5 cm³/mol. The standard InChI is InChI=1S/C15H24BrNO2/c1-4-9-17-10-15(19-12(2)11-18-3)13-7-5-6-8-14(13)16/h5-8,12,15,17H,4,9-11H2,1-3H3. The molecule has 108 valence electrons. The molecule has 2 atom stereocenters. The van der Waals surface area contributed by atoms with Gasteiger partial charge in [-0.1, -0.05) is 41.1 Å². The Hall–Kier alpha value is -0.420. The lowest BCUT2D eigenvalue weighted by molar-refractivity contribution is -0.0395. The van der Waals surface area contributed by atoms with Crippen LogP contribution in [-0.4, -0.2) is 32.9 Å². The van der Waals surface area contributed by atoms with Crippen molar-refractivity contribution < 1.29 is 9.47 Å². The summed E-state index contributed by atoms with van der Waals surface area (Å²) in [6.45, 7) is 6.62. The number of nitrogens with one attached hydrogen (secondary N) is 1. The summed E-state index contributed by atoms with van der Waals surface area (Å²) in [4.78, 5) is 0. The first-order chi connectivity index (χ1) is 9.19. The molecule has 0 fully saturated rings. The fourth-order valence-electron chi connectivity index (χ4n) is 1.93. The molecular weight excluding hydrogens is 306 g/mol. The average molecular weight is 330 g/mol. The van der Waals surface area contributed by atoms with E-state index in [2.05, 4.69) is 34.2 Å².